The van der Waals surface area contributed by atoms with Gasteiger partial charge in [-0.15, -0.1) is 0 Å². The van der Waals surface area contributed by atoms with Crippen molar-refractivity contribution in [3.8, 4) is 0 Å². The lowest BCUT2D eigenvalue weighted by Gasteiger charge is -2.17. The first-order chi connectivity index (χ1) is 9.93. The van der Waals surface area contributed by atoms with Crippen molar-refractivity contribution in [3.63, 3.8) is 0 Å². The Morgan fingerprint density at radius 3 is 2.76 bits per heavy atom. The molecular weight excluding hydrogens is 377 g/mol. The number of methoxy groups -OCH3 is 1. The Labute approximate surface area is 142 Å². The largest absolute Gasteiger partial charge is 0.383 e. The van der Waals surface area contributed by atoms with Crippen LogP contribution in [-0.2, 0) is 4.74 Å². The molecule has 114 valence electrons. The van der Waals surface area contributed by atoms with Crippen LogP contribution in [0.15, 0.2) is 22.8 Å². The molecule has 1 aromatic heterocycles. The van der Waals surface area contributed by atoms with E-state index in [0.717, 1.165) is 10.2 Å². The monoisotopic (exact) mass is 391 g/mol. The zero-order chi connectivity index (χ0) is 15.6. The fourth-order valence-electron chi connectivity index (χ4n) is 2.01. The van der Waals surface area contributed by atoms with Gasteiger partial charge in [-0.2, -0.15) is 0 Å². The Kier molecular flexibility index (Phi) is 5.54. The molecule has 21 heavy (non-hydrogen) atoms. The number of nitrogens with zero attached hydrogens (tertiary/aromatic N) is 2. The summed E-state index contributed by atoms with van der Waals surface area (Å²) in [5.74, 6) is 0.706. The van der Waals surface area contributed by atoms with Crippen molar-refractivity contribution >= 4 is 50.8 Å². The number of nitrogens with one attached hydrogen (secondary N) is 1. The Hall–Kier alpha value is -0.750. The molecule has 7 heteroatoms. The second-order valence-corrected chi connectivity index (χ2v) is 6.38. The molecule has 0 aliphatic carbocycles. The van der Waals surface area contributed by atoms with Crippen LogP contribution in [0.3, 0.4) is 0 Å². The SMILES string of the molecule is COCC(C)n1cc(C)nc1Nc1ccc(Br)c(Cl)c1Cl. The molecule has 1 aromatic carbocycles. The van der Waals surface area contributed by atoms with Crippen LogP contribution in [0.2, 0.25) is 10.0 Å². The minimum Gasteiger partial charge on any atom is -0.383 e. The van der Waals surface area contributed by atoms with Gasteiger partial charge in [-0.3, -0.25) is 0 Å². The summed E-state index contributed by atoms with van der Waals surface area (Å²) in [5, 5.41) is 4.16. The smallest absolute Gasteiger partial charge is 0.207 e. The third-order valence-electron chi connectivity index (χ3n) is 3.02. The molecule has 0 aliphatic rings. The number of benzene rings is 1. The number of imidazole rings is 1. The van der Waals surface area contributed by atoms with Gasteiger partial charge in [0, 0.05) is 17.8 Å². The summed E-state index contributed by atoms with van der Waals surface area (Å²) in [4.78, 5) is 4.49. The highest BCUT2D eigenvalue weighted by Gasteiger charge is 2.15. The Balaban J connectivity index is 2.34. The molecular formula is C14H16BrCl2N3O. The Bertz CT molecular complexity index is 645. The van der Waals surface area contributed by atoms with E-state index in [-0.39, 0.29) is 6.04 Å². The number of hydrogen-bond donors (Lipinski definition) is 1. The van der Waals surface area contributed by atoms with Crippen LogP contribution < -0.4 is 5.32 Å². The van der Waals surface area contributed by atoms with E-state index in [1.165, 1.54) is 0 Å². The number of rotatable bonds is 5. The van der Waals surface area contributed by atoms with Crippen LogP contribution in [0.25, 0.3) is 0 Å². The van der Waals surface area contributed by atoms with Gasteiger partial charge in [0.2, 0.25) is 5.95 Å². The van der Waals surface area contributed by atoms with Gasteiger partial charge in [-0.1, -0.05) is 23.2 Å². The molecule has 0 saturated carbocycles. The summed E-state index contributed by atoms with van der Waals surface area (Å²) in [6.07, 6.45) is 1.97. The fourth-order valence-corrected chi connectivity index (χ4v) is 2.83. The summed E-state index contributed by atoms with van der Waals surface area (Å²) in [7, 11) is 1.68. The minimum atomic E-state index is 0.156. The van der Waals surface area contributed by atoms with Gasteiger partial charge in [-0.25, -0.2) is 4.98 Å². The molecule has 1 heterocycles. The van der Waals surface area contributed by atoms with Crippen LogP contribution in [0.1, 0.15) is 18.7 Å². The lowest BCUT2D eigenvalue weighted by Crippen LogP contribution is -2.12. The molecule has 2 rings (SSSR count). The van der Waals surface area contributed by atoms with E-state index in [0.29, 0.717) is 28.3 Å². The van der Waals surface area contributed by atoms with Crippen molar-refractivity contribution in [1.82, 2.24) is 9.55 Å². The van der Waals surface area contributed by atoms with Crippen molar-refractivity contribution in [3.05, 3.63) is 38.5 Å². The first-order valence-electron chi connectivity index (χ1n) is 6.39. The van der Waals surface area contributed by atoms with Crippen LogP contribution >= 0.6 is 39.1 Å². The molecule has 2 aromatic rings. The number of hydrogen-bond acceptors (Lipinski definition) is 3. The number of anilines is 2. The van der Waals surface area contributed by atoms with Crippen molar-refractivity contribution in [1.29, 1.82) is 0 Å². The summed E-state index contributed by atoms with van der Waals surface area (Å²) in [6.45, 7) is 4.60. The summed E-state index contributed by atoms with van der Waals surface area (Å²) in [5.41, 5.74) is 1.63. The first kappa shape index (κ1) is 16.6. The molecule has 4 nitrogen and oxygen atoms in total. The van der Waals surface area contributed by atoms with Gasteiger partial charge in [-0.05, 0) is 41.9 Å². The molecule has 0 saturated heterocycles. The van der Waals surface area contributed by atoms with Gasteiger partial charge in [0.15, 0.2) is 0 Å². The van der Waals surface area contributed by atoms with E-state index < -0.39 is 0 Å². The highest BCUT2D eigenvalue weighted by molar-refractivity contribution is 9.10. The summed E-state index contributed by atoms with van der Waals surface area (Å²) in [6, 6.07) is 3.85. The zero-order valence-corrected chi connectivity index (χ0v) is 15.1. The van der Waals surface area contributed by atoms with Crippen molar-refractivity contribution in [2.45, 2.75) is 19.9 Å². The molecule has 0 fully saturated rings. The maximum atomic E-state index is 6.26. The second kappa shape index (κ2) is 7.01. The predicted octanol–water partition coefficient (Wildman–Crippen LogP) is 5.21. The molecule has 1 unspecified atom stereocenters. The third kappa shape index (κ3) is 3.72. The normalized spacial score (nSPS) is 12.5. The summed E-state index contributed by atoms with van der Waals surface area (Å²) < 4.78 is 7.98. The maximum Gasteiger partial charge on any atom is 0.207 e. The number of aromatic nitrogens is 2. The maximum absolute atomic E-state index is 6.26. The van der Waals surface area contributed by atoms with Crippen molar-refractivity contribution in [2.75, 3.05) is 19.0 Å². The number of ether oxygens (including phenoxy) is 1. The Morgan fingerprint density at radius 2 is 2.10 bits per heavy atom. The predicted molar refractivity (Wildman–Crippen MR) is 91.0 cm³/mol. The first-order valence-corrected chi connectivity index (χ1v) is 7.93. The van der Waals surface area contributed by atoms with Crippen LogP contribution in [-0.4, -0.2) is 23.3 Å². The quantitative estimate of drug-likeness (QED) is 0.709. The third-order valence-corrected chi connectivity index (χ3v) is 4.79. The average molecular weight is 393 g/mol. The van der Waals surface area contributed by atoms with Gasteiger partial charge in [0.05, 0.1) is 34.1 Å². The van der Waals surface area contributed by atoms with Crippen molar-refractivity contribution in [2.24, 2.45) is 0 Å². The molecule has 1 atom stereocenters. The van der Waals surface area contributed by atoms with E-state index in [4.69, 9.17) is 27.9 Å². The zero-order valence-electron chi connectivity index (χ0n) is 12.0. The number of aryl methyl sites for hydroxylation is 1. The van der Waals surface area contributed by atoms with Crippen molar-refractivity contribution < 1.29 is 4.74 Å². The lowest BCUT2D eigenvalue weighted by molar-refractivity contribution is 0.163. The van der Waals surface area contributed by atoms with E-state index in [1.54, 1.807) is 7.11 Å². The highest BCUT2D eigenvalue weighted by Crippen LogP contribution is 2.37. The van der Waals surface area contributed by atoms with Gasteiger partial charge < -0.3 is 14.6 Å². The van der Waals surface area contributed by atoms with E-state index in [2.05, 4.69) is 33.2 Å². The fraction of sp³-hybridized carbons (Fsp3) is 0.357. The molecule has 0 radical (unpaired) electrons. The van der Waals surface area contributed by atoms with Crippen LogP contribution in [0, 0.1) is 6.92 Å². The van der Waals surface area contributed by atoms with Crippen LogP contribution in [0.4, 0.5) is 11.6 Å². The molecule has 0 amide bonds. The van der Waals surface area contributed by atoms with Crippen LogP contribution in [0.5, 0.6) is 0 Å². The Morgan fingerprint density at radius 1 is 1.38 bits per heavy atom. The second-order valence-electron chi connectivity index (χ2n) is 4.77. The van der Waals surface area contributed by atoms with Gasteiger partial charge in [0.25, 0.3) is 0 Å². The number of halogens is 3. The summed E-state index contributed by atoms with van der Waals surface area (Å²) >= 11 is 15.7. The van der Waals surface area contributed by atoms with E-state index in [9.17, 15) is 0 Å². The standard InChI is InChI=1S/C14H16BrCl2N3O/c1-8-6-20(9(2)7-21-3)14(18-8)19-11-5-4-10(15)12(16)13(11)17/h4-6,9H,7H2,1-3H3,(H,18,19). The molecule has 0 aliphatic heterocycles. The van der Waals surface area contributed by atoms with E-state index in [1.807, 2.05) is 29.8 Å². The minimum absolute atomic E-state index is 0.156. The highest BCUT2D eigenvalue weighted by atomic mass is 79.9. The molecule has 1 N–H and O–H groups in total. The molecule has 0 bridgehead atoms. The van der Waals surface area contributed by atoms with Gasteiger partial charge >= 0.3 is 0 Å². The van der Waals surface area contributed by atoms with Gasteiger partial charge in [0.1, 0.15) is 0 Å². The lowest BCUT2D eigenvalue weighted by atomic mass is 10.3. The topological polar surface area (TPSA) is 39.1 Å². The van der Waals surface area contributed by atoms with E-state index >= 15 is 0 Å². The average Bonchev–Trinajstić information content (AvgIpc) is 2.81. The molecule has 0 spiro atoms.